The number of hydrazine groups is 1. The van der Waals surface area contributed by atoms with Gasteiger partial charge in [-0.2, -0.15) is 0 Å². The molecule has 0 radical (unpaired) electrons. The smallest absolute Gasteiger partial charge is 0.115 e. The van der Waals surface area contributed by atoms with E-state index in [4.69, 9.17) is 12.3 Å². The Morgan fingerprint density at radius 2 is 2.58 bits per heavy atom. The molecule has 1 atom stereocenters. The first-order valence-corrected chi connectivity index (χ1v) is 3.54. The number of hydrogen-bond donors (Lipinski definition) is 2. The van der Waals surface area contributed by atoms with Crippen molar-refractivity contribution in [2.24, 2.45) is 5.84 Å². The van der Waals surface area contributed by atoms with Crippen molar-refractivity contribution in [2.75, 3.05) is 0 Å². The molecule has 0 fully saturated rings. The third-order valence-corrected chi connectivity index (χ3v) is 1.49. The second-order valence-electron chi connectivity index (χ2n) is 2.26. The van der Waals surface area contributed by atoms with Crippen molar-refractivity contribution in [1.29, 1.82) is 0 Å². The molecule has 1 aromatic heterocycles. The fourth-order valence-corrected chi connectivity index (χ4v) is 0.874. The summed E-state index contributed by atoms with van der Waals surface area (Å²) in [5, 5.41) is 0. The first-order chi connectivity index (χ1) is 5.88. The summed E-state index contributed by atoms with van der Waals surface area (Å²) in [7, 11) is 0. The summed E-state index contributed by atoms with van der Waals surface area (Å²) < 4.78 is 0. The number of nitrogens with two attached hydrogens (primary N) is 1. The summed E-state index contributed by atoms with van der Waals surface area (Å²) in [6.45, 7) is 0. The monoisotopic (exact) mass is 162 g/mol. The van der Waals surface area contributed by atoms with Gasteiger partial charge in [-0.3, -0.25) is 11.3 Å². The molecular weight excluding hydrogens is 152 g/mol. The first-order valence-electron chi connectivity index (χ1n) is 3.54. The molecule has 0 saturated carbocycles. The fraction of sp³-hybridized carbons (Fsp3) is 0.250. The van der Waals surface area contributed by atoms with Gasteiger partial charge in [-0.05, 0) is 6.07 Å². The van der Waals surface area contributed by atoms with E-state index >= 15 is 0 Å². The Hall–Kier alpha value is -1.44. The molecule has 0 saturated heterocycles. The van der Waals surface area contributed by atoms with Gasteiger partial charge in [0.2, 0.25) is 0 Å². The fourth-order valence-electron chi connectivity index (χ4n) is 0.874. The van der Waals surface area contributed by atoms with Crippen LogP contribution in [0, 0.1) is 12.3 Å². The van der Waals surface area contributed by atoms with Gasteiger partial charge in [0.05, 0.1) is 11.7 Å². The van der Waals surface area contributed by atoms with Crippen LogP contribution >= 0.6 is 0 Å². The van der Waals surface area contributed by atoms with Crippen LogP contribution in [0.25, 0.3) is 0 Å². The molecule has 0 amide bonds. The van der Waals surface area contributed by atoms with Crippen molar-refractivity contribution in [3.05, 3.63) is 24.3 Å². The highest BCUT2D eigenvalue weighted by Crippen LogP contribution is 2.10. The number of aromatic nitrogens is 2. The number of terminal acetylenes is 1. The molecular formula is C8H10N4. The van der Waals surface area contributed by atoms with Crippen molar-refractivity contribution in [3.8, 4) is 12.3 Å². The van der Waals surface area contributed by atoms with E-state index < -0.39 is 0 Å². The van der Waals surface area contributed by atoms with Crippen molar-refractivity contribution in [2.45, 2.75) is 12.5 Å². The van der Waals surface area contributed by atoms with Crippen molar-refractivity contribution < 1.29 is 0 Å². The first kappa shape index (κ1) is 8.65. The topological polar surface area (TPSA) is 63.8 Å². The van der Waals surface area contributed by atoms with Crippen LogP contribution in [0.15, 0.2) is 18.6 Å². The van der Waals surface area contributed by atoms with Crippen LogP contribution in [0.2, 0.25) is 0 Å². The average Bonchev–Trinajstić information content (AvgIpc) is 2.15. The number of nitrogens with one attached hydrogen (secondary N) is 1. The van der Waals surface area contributed by atoms with Crippen LogP contribution in [0.3, 0.4) is 0 Å². The summed E-state index contributed by atoms with van der Waals surface area (Å²) in [5.74, 6) is 7.80. The molecule has 0 bridgehead atoms. The molecule has 4 heteroatoms. The molecule has 0 spiro atoms. The van der Waals surface area contributed by atoms with Crippen LogP contribution in [0.4, 0.5) is 0 Å². The van der Waals surface area contributed by atoms with E-state index in [2.05, 4.69) is 21.3 Å². The number of nitrogens with zero attached hydrogens (tertiary/aromatic N) is 2. The zero-order chi connectivity index (χ0) is 8.81. The van der Waals surface area contributed by atoms with Gasteiger partial charge in [-0.1, -0.05) is 0 Å². The molecule has 1 aromatic rings. The lowest BCUT2D eigenvalue weighted by Gasteiger charge is -2.10. The minimum Gasteiger partial charge on any atom is -0.271 e. The normalized spacial score (nSPS) is 12.0. The molecule has 0 aromatic carbocycles. The van der Waals surface area contributed by atoms with Crippen molar-refractivity contribution >= 4 is 0 Å². The lowest BCUT2D eigenvalue weighted by atomic mass is 10.1. The maximum Gasteiger partial charge on any atom is 0.115 e. The minimum atomic E-state index is -0.0852. The van der Waals surface area contributed by atoms with Gasteiger partial charge < -0.3 is 0 Å². The van der Waals surface area contributed by atoms with E-state index in [-0.39, 0.29) is 6.04 Å². The Balaban J connectivity index is 2.75. The summed E-state index contributed by atoms with van der Waals surface area (Å²) in [5.41, 5.74) is 3.40. The Morgan fingerprint density at radius 3 is 3.08 bits per heavy atom. The van der Waals surface area contributed by atoms with E-state index in [9.17, 15) is 0 Å². The molecule has 1 heterocycles. The minimum absolute atomic E-state index is 0.0852. The lowest BCUT2D eigenvalue weighted by Crippen LogP contribution is -2.28. The van der Waals surface area contributed by atoms with Crippen LogP contribution in [0.1, 0.15) is 18.2 Å². The predicted octanol–water partition coefficient (Wildman–Crippen LogP) is 0.00430. The lowest BCUT2D eigenvalue weighted by molar-refractivity contribution is 0.552. The second kappa shape index (κ2) is 4.44. The Bertz CT molecular complexity index is 264. The maximum absolute atomic E-state index is 5.28. The second-order valence-corrected chi connectivity index (χ2v) is 2.26. The largest absolute Gasteiger partial charge is 0.271 e. The van der Waals surface area contributed by atoms with Gasteiger partial charge in [-0.15, -0.1) is 12.3 Å². The molecule has 0 aliphatic heterocycles. The van der Waals surface area contributed by atoms with E-state index in [0.29, 0.717) is 6.42 Å². The molecule has 0 aliphatic carbocycles. The number of hydrogen-bond acceptors (Lipinski definition) is 4. The molecule has 4 nitrogen and oxygen atoms in total. The Labute approximate surface area is 71.2 Å². The predicted molar refractivity (Wildman–Crippen MR) is 45.5 cm³/mol. The van der Waals surface area contributed by atoms with Gasteiger partial charge >= 0.3 is 0 Å². The third-order valence-electron chi connectivity index (χ3n) is 1.49. The highest BCUT2D eigenvalue weighted by molar-refractivity contribution is 5.07. The van der Waals surface area contributed by atoms with E-state index in [1.165, 1.54) is 6.33 Å². The van der Waals surface area contributed by atoms with Gasteiger partial charge in [0.1, 0.15) is 6.33 Å². The molecule has 62 valence electrons. The van der Waals surface area contributed by atoms with E-state index in [1.807, 2.05) is 0 Å². The standard InChI is InChI=1S/C8H10N4/c1-2-3-8(12-9)7-4-5-10-6-11-7/h1,4-6,8,12H,3,9H2. The van der Waals surface area contributed by atoms with Crippen molar-refractivity contribution in [1.82, 2.24) is 15.4 Å². The van der Waals surface area contributed by atoms with Crippen LogP contribution in [-0.4, -0.2) is 9.97 Å². The zero-order valence-corrected chi connectivity index (χ0v) is 6.57. The number of rotatable bonds is 3. The van der Waals surface area contributed by atoms with E-state index in [0.717, 1.165) is 5.69 Å². The molecule has 12 heavy (non-hydrogen) atoms. The van der Waals surface area contributed by atoms with Gasteiger partial charge in [-0.25, -0.2) is 9.97 Å². The highest BCUT2D eigenvalue weighted by Gasteiger charge is 2.07. The molecule has 3 N–H and O–H groups in total. The summed E-state index contributed by atoms with van der Waals surface area (Å²) >= 11 is 0. The van der Waals surface area contributed by atoms with Gasteiger partial charge in [0, 0.05) is 12.6 Å². The average molecular weight is 162 g/mol. The zero-order valence-electron chi connectivity index (χ0n) is 6.57. The van der Waals surface area contributed by atoms with Crippen molar-refractivity contribution in [3.63, 3.8) is 0 Å². The third kappa shape index (κ3) is 2.02. The van der Waals surface area contributed by atoms with Gasteiger partial charge in [0.25, 0.3) is 0 Å². The molecule has 0 aliphatic rings. The van der Waals surface area contributed by atoms with Crippen LogP contribution < -0.4 is 11.3 Å². The summed E-state index contributed by atoms with van der Waals surface area (Å²) in [6.07, 6.45) is 8.80. The summed E-state index contributed by atoms with van der Waals surface area (Å²) in [6, 6.07) is 1.69. The maximum atomic E-state index is 5.28. The Morgan fingerprint density at radius 1 is 1.75 bits per heavy atom. The molecule has 1 rings (SSSR count). The van der Waals surface area contributed by atoms with E-state index in [1.54, 1.807) is 12.3 Å². The van der Waals surface area contributed by atoms with Crippen LogP contribution in [-0.2, 0) is 0 Å². The van der Waals surface area contributed by atoms with Gasteiger partial charge in [0.15, 0.2) is 0 Å². The van der Waals surface area contributed by atoms with Crippen LogP contribution in [0.5, 0.6) is 0 Å². The Kier molecular flexibility index (Phi) is 3.20. The SMILES string of the molecule is C#CCC(NN)c1ccncn1. The quantitative estimate of drug-likeness (QED) is 0.373. The summed E-state index contributed by atoms with van der Waals surface area (Å²) in [4.78, 5) is 7.81. The highest BCUT2D eigenvalue weighted by atomic mass is 15.2. The molecule has 1 unspecified atom stereocenters.